The van der Waals surface area contributed by atoms with Crippen molar-refractivity contribution < 1.29 is 14.1 Å². The van der Waals surface area contributed by atoms with E-state index in [1.165, 1.54) is 5.56 Å². The maximum Gasteiger partial charge on any atom is 0.252 e. The van der Waals surface area contributed by atoms with Gasteiger partial charge in [0.1, 0.15) is 11.5 Å². The van der Waals surface area contributed by atoms with Crippen molar-refractivity contribution in [2.45, 2.75) is 50.8 Å². The van der Waals surface area contributed by atoms with Gasteiger partial charge in [-0.05, 0) is 45.4 Å². The Morgan fingerprint density at radius 2 is 2.00 bits per heavy atom. The second-order valence-electron chi connectivity index (χ2n) is 7.75. The molecule has 2 aromatic carbocycles. The zero-order valence-corrected chi connectivity index (χ0v) is 18.6. The molecule has 0 bridgehead atoms. The SMILES string of the molecule is Cc1cc(C)c2c(c1)C(NC(=O)c1ccccc1SCc1c(C)noc1C)CCO2. The topological polar surface area (TPSA) is 64.4 Å². The maximum atomic E-state index is 13.2. The van der Waals surface area contributed by atoms with Crippen LogP contribution in [-0.2, 0) is 5.75 Å². The molecule has 0 fully saturated rings. The fraction of sp³-hybridized carbons (Fsp3) is 0.333. The first-order chi connectivity index (χ1) is 14.4. The molecule has 1 aromatic heterocycles. The van der Waals surface area contributed by atoms with E-state index in [1.54, 1.807) is 11.8 Å². The van der Waals surface area contributed by atoms with Crippen LogP contribution in [0.1, 0.15) is 56.5 Å². The Hall–Kier alpha value is -2.73. The summed E-state index contributed by atoms with van der Waals surface area (Å²) in [6.07, 6.45) is 0.760. The average Bonchev–Trinajstić information content (AvgIpc) is 3.04. The van der Waals surface area contributed by atoms with Gasteiger partial charge in [0.2, 0.25) is 0 Å². The molecule has 2 heterocycles. The van der Waals surface area contributed by atoms with E-state index < -0.39 is 0 Å². The van der Waals surface area contributed by atoms with Crippen molar-refractivity contribution >= 4 is 17.7 Å². The van der Waals surface area contributed by atoms with E-state index >= 15 is 0 Å². The fourth-order valence-corrected chi connectivity index (χ4v) is 5.10. The van der Waals surface area contributed by atoms with Gasteiger partial charge in [0, 0.05) is 28.2 Å². The molecule has 0 aliphatic carbocycles. The summed E-state index contributed by atoms with van der Waals surface area (Å²) in [4.78, 5) is 14.2. The minimum atomic E-state index is -0.0612. The number of hydrogen-bond acceptors (Lipinski definition) is 5. The quantitative estimate of drug-likeness (QED) is 0.554. The summed E-state index contributed by atoms with van der Waals surface area (Å²) in [5.41, 5.74) is 6.01. The number of nitrogens with zero attached hydrogens (tertiary/aromatic N) is 1. The smallest absolute Gasteiger partial charge is 0.252 e. The van der Waals surface area contributed by atoms with E-state index in [0.29, 0.717) is 17.9 Å². The first-order valence-corrected chi connectivity index (χ1v) is 11.1. The number of aromatic nitrogens is 1. The third-order valence-corrected chi connectivity index (χ3v) is 6.57. The predicted molar refractivity (Wildman–Crippen MR) is 118 cm³/mol. The molecule has 4 rings (SSSR count). The van der Waals surface area contributed by atoms with E-state index in [4.69, 9.17) is 9.26 Å². The molecular weight excluding hydrogens is 396 g/mol. The van der Waals surface area contributed by atoms with Crippen LogP contribution in [0, 0.1) is 27.7 Å². The van der Waals surface area contributed by atoms with E-state index in [-0.39, 0.29) is 11.9 Å². The van der Waals surface area contributed by atoms with Crippen LogP contribution in [0.15, 0.2) is 45.8 Å². The van der Waals surface area contributed by atoms with Crippen LogP contribution in [0.2, 0.25) is 0 Å². The highest BCUT2D eigenvalue weighted by Gasteiger charge is 2.26. The fourth-order valence-electron chi connectivity index (χ4n) is 3.90. The van der Waals surface area contributed by atoms with Crippen LogP contribution in [0.5, 0.6) is 5.75 Å². The summed E-state index contributed by atoms with van der Waals surface area (Å²) in [6.45, 7) is 8.58. The molecule has 5 nitrogen and oxygen atoms in total. The van der Waals surface area contributed by atoms with E-state index in [0.717, 1.165) is 45.2 Å². The lowest BCUT2D eigenvalue weighted by Gasteiger charge is -2.28. The van der Waals surface area contributed by atoms with Crippen molar-refractivity contribution in [3.8, 4) is 5.75 Å². The lowest BCUT2D eigenvalue weighted by Crippen LogP contribution is -2.32. The first kappa shape index (κ1) is 20.5. The van der Waals surface area contributed by atoms with Crippen molar-refractivity contribution in [2.24, 2.45) is 0 Å². The van der Waals surface area contributed by atoms with Gasteiger partial charge in [0.15, 0.2) is 0 Å². The number of carbonyl (C=O) groups is 1. The van der Waals surface area contributed by atoms with Gasteiger partial charge >= 0.3 is 0 Å². The number of benzene rings is 2. The molecule has 1 N–H and O–H groups in total. The summed E-state index contributed by atoms with van der Waals surface area (Å²) in [6, 6.07) is 11.9. The van der Waals surface area contributed by atoms with Crippen LogP contribution in [0.25, 0.3) is 0 Å². The van der Waals surface area contributed by atoms with Crippen molar-refractivity contribution in [3.63, 3.8) is 0 Å². The minimum absolute atomic E-state index is 0.0551. The third-order valence-electron chi connectivity index (χ3n) is 5.47. The first-order valence-electron chi connectivity index (χ1n) is 10.1. The molecule has 6 heteroatoms. The van der Waals surface area contributed by atoms with Gasteiger partial charge in [-0.3, -0.25) is 4.79 Å². The third kappa shape index (κ3) is 4.10. The lowest BCUT2D eigenvalue weighted by atomic mass is 9.95. The monoisotopic (exact) mass is 422 g/mol. The summed E-state index contributed by atoms with van der Waals surface area (Å²) in [7, 11) is 0. The lowest BCUT2D eigenvalue weighted by molar-refractivity contribution is 0.0921. The number of thioether (sulfide) groups is 1. The van der Waals surface area contributed by atoms with Gasteiger partial charge in [0.05, 0.1) is 23.9 Å². The summed E-state index contributed by atoms with van der Waals surface area (Å²) in [5, 5.41) is 7.26. The predicted octanol–water partition coefficient (Wildman–Crippen LogP) is 5.45. The molecule has 0 radical (unpaired) electrons. The summed E-state index contributed by atoms with van der Waals surface area (Å²) in [5.74, 6) is 2.38. The van der Waals surface area contributed by atoms with Crippen molar-refractivity contribution in [2.75, 3.05) is 6.61 Å². The molecule has 3 aromatic rings. The number of nitrogens with one attached hydrogen (secondary N) is 1. The Morgan fingerprint density at radius 1 is 1.20 bits per heavy atom. The Bertz CT molecular complexity index is 1070. The Kier molecular flexibility index (Phi) is 5.86. The largest absolute Gasteiger partial charge is 0.493 e. The van der Waals surface area contributed by atoms with Crippen molar-refractivity contribution in [1.29, 1.82) is 0 Å². The van der Waals surface area contributed by atoms with Gasteiger partial charge in [0.25, 0.3) is 5.91 Å². The number of amides is 1. The molecule has 1 aliphatic heterocycles. The highest BCUT2D eigenvalue weighted by Crippen LogP contribution is 2.36. The van der Waals surface area contributed by atoms with Gasteiger partial charge < -0.3 is 14.6 Å². The van der Waals surface area contributed by atoms with Gasteiger partial charge in [-0.1, -0.05) is 35.0 Å². The minimum Gasteiger partial charge on any atom is -0.493 e. The standard InChI is InChI=1S/C24H26N2O3S/c1-14-11-15(2)23-19(12-14)21(9-10-28-23)25-24(27)18-7-5-6-8-22(18)30-13-20-16(3)26-29-17(20)4/h5-8,11-12,21H,9-10,13H2,1-4H3,(H,25,27). The highest BCUT2D eigenvalue weighted by molar-refractivity contribution is 7.98. The Morgan fingerprint density at radius 3 is 2.77 bits per heavy atom. The second-order valence-corrected chi connectivity index (χ2v) is 8.77. The van der Waals surface area contributed by atoms with Crippen LogP contribution in [0.4, 0.5) is 0 Å². The normalized spacial score (nSPS) is 15.4. The van der Waals surface area contributed by atoms with Crippen molar-refractivity contribution in [1.82, 2.24) is 10.5 Å². The Labute approximate surface area is 181 Å². The van der Waals surface area contributed by atoms with Crippen LogP contribution >= 0.6 is 11.8 Å². The van der Waals surface area contributed by atoms with Gasteiger partial charge in [-0.2, -0.15) is 0 Å². The summed E-state index contributed by atoms with van der Waals surface area (Å²) < 4.78 is 11.1. The number of carbonyl (C=O) groups excluding carboxylic acids is 1. The maximum absolute atomic E-state index is 13.2. The highest BCUT2D eigenvalue weighted by atomic mass is 32.2. The van der Waals surface area contributed by atoms with Crippen LogP contribution < -0.4 is 10.1 Å². The molecular formula is C24H26N2O3S. The van der Waals surface area contributed by atoms with Crippen molar-refractivity contribution in [3.05, 3.63) is 75.7 Å². The molecule has 0 saturated carbocycles. The van der Waals surface area contributed by atoms with Gasteiger partial charge in [-0.15, -0.1) is 11.8 Å². The van der Waals surface area contributed by atoms with E-state index in [1.807, 2.05) is 38.1 Å². The second kappa shape index (κ2) is 8.56. The molecule has 0 spiro atoms. The number of ether oxygens (including phenoxy) is 1. The number of hydrogen-bond donors (Lipinski definition) is 1. The number of fused-ring (bicyclic) bond motifs is 1. The molecule has 1 atom stereocenters. The molecule has 1 amide bonds. The van der Waals surface area contributed by atoms with E-state index in [2.05, 4.69) is 36.5 Å². The molecule has 1 aliphatic rings. The number of rotatable bonds is 5. The molecule has 0 saturated heterocycles. The number of aryl methyl sites for hydroxylation is 4. The van der Waals surface area contributed by atoms with Crippen LogP contribution in [0.3, 0.4) is 0 Å². The van der Waals surface area contributed by atoms with Crippen LogP contribution in [-0.4, -0.2) is 17.7 Å². The van der Waals surface area contributed by atoms with Gasteiger partial charge in [-0.25, -0.2) is 0 Å². The average molecular weight is 423 g/mol. The Balaban J connectivity index is 1.54. The summed E-state index contributed by atoms with van der Waals surface area (Å²) >= 11 is 1.63. The molecule has 30 heavy (non-hydrogen) atoms. The zero-order chi connectivity index (χ0) is 21.3. The molecule has 156 valence electrons. The molecule has 1 unspecified atom stereocenters. The zero-order valence-electron chi connectivity index (χ0n) is 17.7. The van der Waals surface area contributed by atoms with E-state index in [9.17, 15) is 4.79 Å².